The Morgan fingerprint density at radius 2 is 2.05 bits per heavy atom. The Hall–Kier alpha value is -1.30. The zero-order valence-corrected chi connectivity index (χ0v) is 12.5. The van der Waals surface area contributed by atoms with E-state index in [1.54, 1.807) is 12.1 Å². The van der Waals surface area contributed by atoms with Crippen LogP contribution >= 0.6 is 15.9 Å². The van der Waals surface area contributed by atoms with Crippen LogP contribution in [-0.4, -0.2) is 34.0 Å². The number of halogens is 1. The van der Waals surface area contributed by atoms with Gasteiger partial charge in [-0.3, -0.25) is 4.79 Å². The molecule has 0 radical (unpaired) electrons. The number of furan rings is 1. The zero-order valence-electron chi connectivity index (χ0n) is 10.9. The number of rotatable bonds is 2. The molecule has 2 fully saturated rings. The second-order valence-electron chi connectivity index (χ2n) is 5.52. The monoisotopic (exact) mass is 341 g/mol. The predicted octanol–water partition coefficient (Wildman–Crippen LogP) is 2.90. The van der Waals surface area contributed by atoms with Crippen LogP contribution in [-0.2, 0) is 4.79 Å². The second kappa shape index (κ2) is 5.24. The highest BCUT2D eigenvalue weighted by Gasteiger charge is 2.48. The Morgan fingerprint density at radius 1 is 1.30 bits per heavy atom. The maximum absolute atomic E-state index is 12.6. The fourth-order valence-electron chi connectivity index (χ4n) is 3.53. The first kappa shape index (κ1) is 13.7. The maximum atomic E-state index is 12.6. The van der Waals surface area contributed by atoms with Gasteiger partial charge in [0.05, 0.1) is 0 Å². The number of fused-ring (bicyclic) bond motifs is 1. The highest BCUT2D eigenvalue weighted by atomic mass is 79.9. The van der Waals surface area contributed by atoms with Gasteiger partial charge in [0, 0.05) is 6.04 Å². The van der Waals surface area contributed by atoms with Crippen molar-refractivity contribution in [2.75, 3.05) is 0 Å². The topological polar surface area (TPSA) is 70.8 Å². The van der Waals surface area contributed by atoms with E-state index in [-0.39, 0.29) is 17.7 Å². The zero-order chi connectivity index (χ0) is 14.3. The average Bonchev–Trinajstić information content (AvgIpc) is 3.01. The first-order chi connectivity index (χ1) is 9.58. The fraction of sp³-hybridized carbons (Fsp3) is 0.571. The molecule has 1 amide bonds. The lowest BCUT2D eigenvalue weighted by atomic mass is 9.84. The minimum absolute atomic E-state index is 0.0428. The van der Waals surface area contributed by atoms with Gasteiger partial charge < -0.3 is 14.4 Å². The van der Waals surface area contributed by atoms with Crippen molar-refractivity contribution in [3.63, 3.8) is 0 Å². The van der Waals surface area contributed by atoms with Gasteiger partial charge in [0.15, 0.2) is 10.4 Å². The molecule has 1 aliphatic carbocycles. The van der Waals surface area contributed by atoms with Crippen molar-refractivity contribution in [3.05, 3.63) is 22.6 Å². The minimum atomic E-state index is -0.918. The molecule has 3 rings (SSSR count). The van der Waals surface area contributed by atoms with E-state index in [4.69, 9.17) is 4.42 Å². The normalized spacial score (nSPS) is 29.2. The van der Waals surface area contributed by atoms with E-state index >= 15 is 0 Å². The summed E-state index contributed by atoms with van der Waals surface area (Å²) in [5.74, 6) is -0.711. The number of hydrogen-bond donors (Lipinski definition) is 1. The van der Waals surface area contributed by atoms with Gasteiger partial charge >= 0.3 is 5.97 Å². The van der Waals surface area contributed by atoms with Crippen molar-refractivity contribution in [3.8, 4) is 0 Å². The number of amides is 1. The van der Waals surface area contributed by atoms with Crippen molar-refractivity contribution < 1.29 is 19.1 Å². The molecular weight excluding hydrogens is 326 g/mol. The van der Waals surface area contributed by atoms with Crippen LogP contribution in [0.25, 0.3) is 0 Å². The van der Waals surface area contributed by atoms with E-state index in [2.05, 4.69) is 15.9 Å². The van der Waals surface area contributed by atoms with Crippen molar-refractivity contribution in [1.29, 1.82) is 0 Å². The van der Waals surface area contributed by atoms with Gasteiger partial charge in [-0.25, -0.2) is 4.79 Å². The second-order valence-corrected chi connectivity index (χ2v) is 6.30. The fourth-order valence-corrected chi connectivity index (χ4v) is 3.84. The highest BCUT2D eigenvalue weighted by Crippen LogP contribution is 2.40. The Kier molecular flexibility index (Phi) is 3.58. The van der Waals surface area contributed by atoms with Crippen LogP contribution in [0.5, 0.6) is 0 Å². The standard InChI is InChI=1S/C14H16BrNO4/c15-12-6-5-11(20-12)13(17)16-9-4-2-1-3-8(9)7-10(16)14(18)19/h5-6,8-10H,1-4,7H2,(H,18,19). The highest BCUT2D eigenvalue weighted by molar-refractivity contribution is 9.10. The third kappa shape index (κ3) is 2.26. The minimum Gasteiger partial charge on any atom is -0.480 e. The molecule has 0 bridgehead atoms. The number of carboxylic acid groups (broad SMARTS) is 1. The number of carbonyl (C=O) groups excluding carboxylic acids is 1. The first-order valence-corrected chi connectivity index (χ1v) is 7.68. The molecule has 1 aliphatic heterocycles. The molecular formula is C14H16BrNO4. The van der Waals surface area contributed by atoms with Gasteiger partial charge in [-0.2, -0.15) is 0 Å². The van der Waals surface area contributed by atoms with Crippen LogP contribution in [0.15, 0.2) is 21.2 Å². The molecule has 3 unspecified atom stereocenters. The van der Waals surface area contributed by atoms with Gasteiger partial charge in [0.1, 0.15) is 6.04 Å². The number of nitrogens with zero attached hydrogens (tertiary/aromatic N) is 1. The van der Waals surface area contributed by atoms with E-state index in [0.717, 1.165) is 25.7 Å². The molecule has 2 heterocycles. The summed E-state index contributed by atoms with van der Waals surface area (Å²) >= 11 is 3.17. The van der Waals surface area contributed by atoms with Crippen LogP contribution in [0.4, 0.5) is 0 Å². The molecule has 5 nitrogen and oxygen atoms in total. The summed E-state index contributed by atoms with van der Waals surface area (Å²) in [6.45, 7) is 0. The lowest BCUT2D eigenvalue weighted by Crippen LogP contribution is -2.46. The van der Waals surface area contributed by atoms with Gasteiger partial charge in [-0.05, 0) is 53.2 Å². The molecule has 1 saturated carbocycles. The van der Waals surface area contributed by atoms with E-state index in [1.165, 1.54) is 4.90 Å². The van der Waals surface area contributed by atoms with Gasteiger partial charge in [-0.1, -0.05) is 12.8 Å². The Balaban J connectivity index is 1.90. The lowest BCUT2D eigenvalue weighted by molar-refractivity contribution is -0.141. The third-order valence-corrected chi connectivity index (χ3v) is 4.82. The Labute approximate surface area is 125 Å². The molecule has 2 aliphatic rings. The molecule has 6 heteroatoms. The van der Waals surface area contributed by atoms with E-state index in [9.17, 15) is 14.7 Å². The molecule has 1 aromatic heterocycles. The van der Waals surface area contributed by atoms with Gasteiger partial charge in [-0.15, -0.1) is 0 Å². The number of likely N-dealkylation sites (tertiary alicyclic amines) is 1. The van der Waals surface area contributed by atoms with Crippen LogP contribution in [0.2, 0.25) is 0 Å². The summed E-state index contributed by atoms with van der Waals surface area (Å²) in [6, 6.07) is 2.56. The Morgan fingerprint density at radius 3 is 2.70 bits per heavy atom. The largest absolute Gasteiger partial charge is 0.480 e. The smallest absolute Gasteiger partial charge is 0.326 e. The number of hydrogen-bond acceptors (Lipinski definition) is 3. The number of aliphatic carboxylic acids is 1. The third-order valence-electron chi connectivity index (χ3n) is 4.39. The van der Waals surface area contributed by atoms with Gasteiger partial charge in [0.25, 0.3) is 5.91 Å². The van der Waals surface area contributed by atoms with Crippen LogP contribution in [0.1, 0.15) is 42.7 Å². The molecule has 0 spiro atoms. The molecule has 1 aromatic rings. The Bertz CT molecular complexity index is 541. The average molecular weight is 342 g/mol. The predicted molar refractivity (Wildman–Crippen MR) is 74.4 cm³/mol. The van der Waals surface area contributed by atoms with Gasteiger partial charge in [0.2, 0.25) is 0 Å². The van der Waals surface area contributed by atoms with Crippen LogP contribution < -0.4 is 0 Å². The van der Waals surface area contributed by atoms with Crippen molar-refractivity contribution in [1.82, 2.24) is 4.90 Å². The number of carbonyl (C=O) groups is 2. The van der Waals surface area contributed by atoms with Crippen molar-refractivity contribution >= 4 is 27.8 Å². The summed E-state index contributed by atoms with van der Waals surface area (Å²) < 4.78 is 5.78. The van der Waals surface area contributed by atoms with E-state index in [0.29, 0.717) is 17.0 Å². The first-order valence-electron chi connectivity index (χ1n) is 6.88. The summed E-state index contributed by atoms with van der Waals surface area (Å²) in [5.41, 5.74) is 0. The number of carboxylic acids is 1. The van der Waals surface area contributed by atoms with Crippen molar-refractivity contribution in [2.24, 2.45) is 5.92 Å². The van der Waals surface area contributed by atoms with Crippen LogP contribution in [0, 0.1) is 5.92 Å². The van der Waals surface area contributed by atoms with E-state index < -0.39 is 12.0 Å². The SMILES string of the molecule is O=C(O)C1CC2CCCCC2N1C(=O)c1ccc(Br)o1. The van der Waals surface area contributed by atoms with Crippen LogP contribution in [0.3, 0.4) is 0 Å². The molecule has 1 saturated heterocycles. The summed E-state index contributed by atoms with van der Waals surface area (Å²) in [4.78, 5) is 25.6. The molecule has 108 valence electrons. The molecule has 0 aromatic carbocycles. The summed E-state index contributed by atoms with van der Waals surface area (Å²) in [6.07, 6.45) is 4.65. The maximum Gasteiger partial charge on any atom is 0.326 e. The lowest BCUT2D eigenvalue weighted by Gasteiger charge is -2.32. The van der Waals surface area contributed by atoms with Crippen molar-refractivity contribution in [2.45, 2.75) is 44.2 Å². The molecule has 20 heavy (non-hydrogen) atoms. The van der Waals surface area contributed by atoms with E-state index in [1.807, 2.05) is 0 Å². The summed E-state index contributed by atoms with van der Waals surface area (Å²) in [7, 11) is 0. The summed E-state index contributed by atoms with van der Waals surface area (Å²) in [5, 5.41) is 9.40. The quantitative estimate of drug-likeness (QED) is 0.897. The molecule has 3 atom stereocenters. The molecule has 1 N–H and O–H groups in total.